The average molecular weight is 973 g/mol. The Hall–Kier alpha value is -1.93. The summed E-state index contributed by atoms with van der Waals surface area (Å²) in [5, 5.41) is 50.3. The maximum atomic E-state index is 12.8. The fourth-order valence-electron chi connectivity index (χ4n) is 8.11. The molecule has 0 saturated heterocycles. The zero-order chi connectivity index (χ0) is 49.2. The van der Waals surface area contributed by atoms with E-state index >= 15 is 0 Å². The number of aliphatic hydroxyl groups is 5. The van der Waals surface area contributed by atoms with Crippen LogP contribution in [0.4, 0.5) is 0 Å². The summed E-state index contributed by atoms with van der Waals surface area (Å²) in [6.45, 7) is 3.27. The van der Waals surface area contributed by atoms with Gasteiger partial charge in [0.05, 0.1) is 6.61 Å². The molecule has 0 heterocycles. The Balaban J connectivity index is 2.38. The number of unbranched alkanes of at least 4 members (excludes halogenated alkanes) is 27. The van der Waals surface area contributed by atoms with Crippen molar-refractivity contribution in [2.24, 2.45) is 0 Å². The number of esters is 2. The summed E-state index contributed by atoms with van der Waals surface area (Å²) in [5.41, 5.74) is 0. The normalized spacial score (nSPS) is 21.4. The van der Waals surface area contributed by atoms with Crippen LogP contribution in [0.25, 0.3) is 0 Å². The fourth-order valence-corrected chi connectivity index (χ4v) is 9.09. The van der Waals surface area contributed by atoms with Gasteiger partial charge < -0.3 is 39.9 Å². The van der Waals surface area contributed by atoms with E-state index in [1.54, 1.807) is 0 Å². The third-order valence-electron chi connectivity index (χ3n) is 12.4. The molecule has 8 atom stereocenters. The minimum atomic E-state index is -5.13. The van der Waals surface area contributed by atoms with Crippen molar-refractivity contribution >= 4 is 19.8 Å². The van der Waals surface area contributed by atoms with E-state index in [-0.39, 0.29) is 12.8 Å². The lowest BCUT2D eigenvalue weighted by Gasteiger charge is -2.41. The molecule has 0 aromatic heterocycles. The first kappa shape index (κ1) is 63.1. The summed E-state index contributed by atoms with van der Waals surface area (Å²) < 4.78 is 33.6. The van der Waals surface area contributed by atoms with Crippen molar-refractivity contribution in [3.05, 3.63) is 36.5 Å². The van der Waals surface area contributed by atoms with Crippen LogP contribution in [0.2, 0.25) is 0 Å². The molecule has 0 aromatic carbocycles. The molecule has 6 unspecified atom stereocenters. The number of hydrogen-bond acceptors (Lipinski definition) is 12. The van der Waals surface area contributed by atoms with Crippen molar-refractivity contribution < 1.29 is 63.1 Å². The Morgan fingerprint density at radius 2 is 0.806 bits per heavy atom. The standard InChI is InChI=1S/C53H97O13P/c1-3-5-7-9-11-13-15-17-19-20-21-22-23-24-25-26-28-29-31-33-35-37-39-41-46(54)63-43-45(44-64-67(61,62)66-53-51(59)49(57)48(56)50(58)52(53)60)65-47(55)42-40-38-36-34-32-30-27-18-16-14-12-10-8-6-4-2/h10,12,26,28,33,35,45,48-53,56-60H,3-9,11,13-25,27,29-32,34,36-44H2,1-2H3,(H,61,62)/b12-10+,28-26+,35-33+/t45-,48?,49-,50?,51?,52?,53?/m0/s1. The first-order valence-corrected chi connectivity index (χ1v) is 28.3. The molecule has 1 rings (SSSR count). The number of carbonyl (C=O) groups is 2. The van der Waals surface area contributed by atoms with Gasteiger partial charge in [0.1, 0.15) is 43.2 Å². The Bertz CT molecular complexity index is 1310. The molecule has 0 aliphatic heterocycles. The largest absolute Gasteiger partial charge is 0.472 e. The number of phosphoric ester groups is 1. The van der Waals surface area contributed by atoms with Crippen LogP contribution < -0.4 is 0 Å². The predicted molar refractivity (Wildman–Crippen MR) is 267 cm³/mol. The fraction of sp³-hybridized carbons (Fsp3) is 0.849. The van der Waals surface area contributed by atoms with Crippen LogP contribution in [0, 0.1) is 0 Å². The van der Waals surface area contributed by atoms with Crippen molar-refractivity contribution in [1.82, 2.24) is 0 Å². The maximum Gasteiger partial charge on any atom is 0.472 e. The molecule has 67 heavy (non-hydrogen) atoms. The van der Waals surface area contributed by atoms with Crippen molar-refractivity contribution in [3.8, 4) is 0 Å². The van der Waals surface area contributed by atoms with Gasteiger partial charge in [-0.3, -0.25) is 18.6 Å². The van der Waals surface area contributed by atoms with Crippen molar-refractivity contribution in [2.45, 2.75) is 275 Å². The molecule has 392 valence electrons. The van der Waals surface area contributed by atoms with Gasteiger partial charge in [-0.05, 0) is 64.2 Å². The molecular weight excluding hydrogens is 876 g/mol. The van der Waals surface area contributed by atoms with Gasteiger partial charge in [0.2, 0.25) is 0 Å². The smallest absolute Gasteiger partial charge is 0.462 e. The van der Waals surface area contributed by atoms with Crippen molar-refractivity contribution in [1.29, 1.82) is 0 Å². The second kappa shape index (κ2) is 42.9. The maximum absolute atomic E-state index is 12.8. The molecule has 0 amide bonds. The van der Waals surface area contributed by atoms with E-state index in [2.05, 4.69) is 44.2 Å². The van der Waals surface area contributed by atoms with Crippen LogP contribution in [0.3, 0.4) is 0 Å². The quantitative estimate of drug-likeness (QED) is 0.0145. The van der Waals surface area contributed by atoms with Crippen molar-refractivity contribution in [2.75, 3.05) is 13.2 Å². The molecule has 0 aromatic rings. The van der Waals surface area contributed by atoms with Crippen LogP contribution in [-0.4, -0.2) is 98.3 Å². The van der Waals surface area contributed by atoms with Crippen LogP contribution in [0.15, 0.2) is 36.5 Å². The van der Waals surface area contributed by atoms with E-state index in [1.807, 2.05) is 6.08 Å². The number of ether oxygens (including phenoxy) is 2. The molecule has 6 N–H and O–H groups in total. The molecule has 1 aliphatic rings. The molecule has 0 bridgehead atoms. The van der Waals surface area contributed by atoms with E-state index in [0.717, 1.165) is 51.4 Å². The molecule has 1 saturated carbocycles. The summed E-state index contributed by atoms with van der Waals surface area (Å²) in [6, 6.07) is 0. The Morgan fingerprint density at radius 1 is 0.448 bits per heavy atom. The average Bonchev–Trinajstić information content (AvgIpc) is 3.31. The zero-order valence-corrected chi connectivity index (χ0v) is 42.8. The van der Waals surface area contributed by atoms with Gasteiger partial charge in [0.15, 0.2) is 6.10 Å². The highest BCUT2D eigenvalue weighted by Crippen LogP contribution is 2.47. The number of allylic oxidation sites excluding steroid dienone is 6. The highest BCUT2D eigenvalue weighted by molar-refractivity contribution is 7.47. The highest BCUT2D eigenvalue weighted by atomic mass is 31.2. The minimum absolute atomic E-state index is 0.0870. The number of phosphoric acid groups is 1. The monoisotopic (exact) mass is 973 g/mol. The van der Waals surface area contributed by atoms with E-state index in [9.17, 15) is 44.6 Å². The second-order valence-electron chi connectivity index (χ2n) is 18.7. The summed E-state index contributed by atoms with van der Waals surface area (Å²) in [7, 11) is -5.13. The predicted octanol–water partition coefficient (Wildman–Crippen LogP) is 11.7. The van der Waals surface area contributed by atoms with E-state index in [0.29, 0.717) is 19.3 Å². The Morgan fingerprint density at radius 3 is 1.27 bits per heavy atom. The minimum Gasteiger partial charge on any atom is -0.462 e. The SMILES string of the molecule is CCCC/C=C/CCCCCCCCCCCC(=O)O[C@@H](COC(=O)CCC/C=C/CC/C=C/CCCCCCCCCCCCCCCC)COP(=O)(O)OC1C(O)C(O)C(O)[C@H](O)C1O. The van der Waals surface area contributed by atoms with Gasteiger partial charge in [-0.2, -0.15) is 0 Å². The number of hydrogen-bond donors (Lipinski definition) is 6. The molecular formula is C53H97O13P. The summed E-state index contributed by atoms with van der Waals surface area (Å²) in [4.78, 5) is 35.8. The van der Waals surface area contributed by atoms with Crippen molar-refractivity contribution in [3.63, 3.8) is 0 Å². The lowest BCUT2D eigenvalue weighted by Crippen LogP contribution is -2.64. The Labute approximate surface area is 406 Å². The molecule has 0 radical (unpaired) electrons. The summed E-state index contributed by atoms with van der Waals surface area (Å²) in [5.74, 6) is -1.14. The topological polar surface area (TPSA) is 210 Å². The Kier molecular flexibility index (Phi) is 40.4. The van der Waals surface area contributed by atoms with Crippen LogP contribution in [0.5, 0.6) is 0 Å². The molecule has 0 spiro atoms. The number of carbonyl (C=O) groups excluding carboxylic acids is 2. The van der Waals surface area contributed by atoms with Crippen LogP contribution in [0.1, 0.15) is 232 Å². The van der Waals surface area contributed by atoms with E-state index < -0.39 is 75.7 Å². The lowest BCUT2D eigenvalue weighted by molar-refractivity contribution is -0.220. The number of rotatable bonds is 45. The van der Waals surface area contributed by atoms with Gasteiger partial charge in [-0.1, -0.05) is 192 Å². The van der Waals surface area contributed by atoms with Crippen LogP contribution in [-0.2, 0) is 32.7 Å². The van der Waals surface area contributed by atoms with Gasteiger partial charge in [0, 0.05) is 12.8 Å². The third kappa shape index (κ3) is 34.9. The third-order valence-corrected chi connectivity index (χ3v) is 13.4. The summed E-state index contributed by atoms with van der Waals surface area (Å²) >= 11 is 0. The molecule has 1 fully saturated rings. The van der Waals surface area contributed by atoms with Gasteiger partial charge in [0.25, 0.3) is 0 Å². The summed E-state index contributed by atoms with van der Waals surface area (Å²) in [6.07, 6.45) is 37.8. The second-order valence-corrected chi connectivity index (χ2v) is 20.1. The molecule has 1 aliphatic carbocycles. The number of aliphatic hydroxyl groups excluding tert-OH is 5. The van der Waals surface area contributed by atoms with E-state index in [4.69, 9.17) is 18.5 Å². The first-order valence-electron chi connectivity index (χ1n) is 26.8. The van der Waals surface area contributed by atoms with Gasteiger partial charge in [-0.25, -0.2) is 4.57 Å². The van der Waals surface area contributed by atoms with Gasteiger partial charge >= 0.3 is 19.8 Å². The van der Waals surface area contributed by atoms with Gasteiger partial charge in [-0.15, -0.1) is 0 Å². The van der Waals surface area contributed by atoms with E-state index in [1.165, 1.54) is 135 Å². The van der Waals surface area contributed by atoms with Crippen LogP contribution >= 0.6 is 7.82 Å². The lowest BCUT2D eigenvalue weighted by atomic mass is 9.85. The highest BCUT2D eigenvalue weighted by Gasteiger charge is 2.51. The molecule has 13 nitrogen and oxygen atoms in total. The zero-order valence-electron chi connectivity index (χ0n) is 41.9. The molecule has 14 heteroatoms. The first-order chi connectivity index (χ1) is 32.4.